The van der Waals surface area contributed by atoms with Crippen LogP contribution in [0.1, 0.15) is 47.0 Å². The van der Waals surface area contributed by atoms with Crippen molar-refractivity contribution in [2.24, 2.45) is 17.3 Å². The number of carbonyl (C=O) groups excluding carboxylic acids is 1. The highest BCUT2D eigenvalue weighted by Gasteiger charge is 2.32. The molecule has 0 aromatic carbocycles. The Morgan fingerprint density at radius 2 is 1.76 bits per heavy atom. The van der Waals surface area contributed by atoms with Gasteiger partial charge in [0.25, 0.3) is 0 Å². The van der Waals surface area contributed by atoms with Crippen molar-refractivity contribution in [3.8, 4) is 0 Å². The van der Waals surface area contributed by atoms with Crippen LogP contribution in [-0.4, -0.2) is 59.6 Å². The van der Waals surface area contributed by atoms with E-state index in [1.807, 2.05) is 25.7 Å². The quantitative estimate of drug-likeness (QED) is 0.847. The van der Waals surface area contributed by atoms with Crippen LogP contribution in [0.15, 0.2) is 0 Å². The van der Waals surface area contributed by atoms with Gasteiger partial charge < -0.3 is 14.9 Å². The van der Waals surface area contributed by atoms with E-state index in [-0.39, 0.29) is 17.4 Å². The average molecular weight is 296 g/mol. The molecule has 1 amide bonds. The van der Waals surface area contributed by atoms with Gasteiger partial charge >= 0.3 is 0 Å². The van der Waals surface area contributed by atoms with Crippen LogP contribution < -0.4 is 0 Å². The zero-order chi connectivity index (χ0) is 15.6. The van der Waals surface area contributed by atoms with Crippen LogP contribution in [0.3, 0.4) is 0 Å². The Kier molecular flexibility index (Phi) is 5.31. The van der Waals surface area contributed by atoms with E-state index in [0.29, 0.717) is 11.8 Å². The minimum atomic E-state index is -0.264. The fourth-order valence-corrected chi connectivity index (χ4v) is 3.44. The summed E-state index contributed by atoms with van der Waals surface area (Å²) in [6.45, 7) is 12.9. The van der Waals surface area contributed by atoms with Crippen LogP contribution in [0.25, 0.3) is 0 Å². The number of rotatable bonds is 2. The fraction of sp³-hybridized carbons (Fsp3) is 0.941. The molecule has 21 heavy (non-hydrogen) atoms. The molecule has 0 aliphatic carbocycles. The lowest BCUT2D eigenvalue weighted by atomic mass is 9.90. The minimum absolute atomic E-state index is 0.165. The number of nitrogens with zero attached hydrogens (tertiary/aromatic N) is 2. The lowest BCUT2D eigenvalue weighted by molar-refractivity contribution is -0.141. The molecule has 2 rings (SSSR count). The summed E-state index contributed by atoms with van der Waals surface area (Å²) in [7, 11) is 0. The number of aliphatic hydroxyl groups excluding tert-OH is 1. The number of hydrogen-bond acceptors (Lipinski definition) is 3. The van der Waals surface area contributed by atoms with Crippen LogP contribution in [0.5, 0.6) is 0 Å². The number of carbonyl (C=O) groups is 1. The van der Waals surface area contributed by atoms with Gasteiger partial charge in [-0.1, -0.05) is 27.7 Å². The number of hydrogen-bond donors (Lipinski definition) is 1. The van der Waals surface area contributed by atoms with Crippen molar-refractivity contribution in [2.45, 2.75) is 53.1 Å². The van der Waals surface area contributed by atoms with Gasteiger partial charge in [-0.2, -0.15) is 0 Å². The largest absolute Gasteiger partial charge is 0.392 e. The SMILES string of the molecule is C[C@@H]1CCN(CC2CCN(C(=O)C(C)(C)C)CC2)C[C@H]1O. The first-order valence-corrected chi connectivity index (χ1v) is 8.47. The van der Waals surface area contributed by atoms with E-state index in [0.717, 1.165) is 52.0 Å². The van der Waals surface area contributed by atoms with Gasteiger partial charge in [0.2, 0.25) is 5.91 Å². The molecular formula is C17H32N2O2. The van der Waals surface area contributed by atoms with Crippen molar-refractivity contribution >= 4 is 5.91 Å². The number of likely N-dealkylation sites (tertiary alicyclic amines) is 2. The maximum absolute atomic E-state index is 12.3. The third-order valence-corrected chi connectivity index (χ3v) is 5.06. The van der Waals surface area contributed by atoms with Gasteiger partial charge in [-0.05, 0) is 37.6 Å². The van der Waals surface area contributed by atoms with E-state index in [4.69, 9.17) is 0 Å². The molecule has 2 aliphatic heterocycles. The normalized spacial score (nSPS) is 29.7. The van der Waals surface area contributed by atoms with Crippen LogP contribution in [-0.2, 0) is 4.79 Å². The molecule has 2 saturated heterocycles. The van der Waals surface area contributed by atoms with Crippen LogP contribution in [0.4, 0.5) is 0 Å². The summed E-state index contributed by atoms with van der Waals surface area (Å²) in [5.41, 5.74) is -0.264. The topological polar surface area (TPSA) is 43.8 Å². The third-order valence-electron chi connectivity index (χ3n) is 5.06. The molecule has 2 atom stereocenters. The molecule has 2 fully saturated rings. The smallest absolute Gasteiger partial charge is 0.227 e. The van der Waals surface area contributed by atoms with Gasteiger partial charge in [0, 0.05) is 31.6 Å². The molecule has 0 aromatic rings. The molecule has 0 saturated carbocycles. The Hall–Kier alpha value is -0.610. The van der Waals surface area contributed by atoms with E-state index in [1.54, 1.807) is 0 Å². The van der Waals surface area contributed by atoms with Crippen molar-refractivity contribution in [3.63, 3.8) is 0 Å². The van der Waals surface area contributed by atoms with Crippen LogP contribution >= 0.6 is 0 Å². The van der Waals surface area contributed by atoms with Gasteiger partial charge in [-0.3, -0.25) is 4.79 Å². The Morgan fingerprint density at radius 1 is 1.14 bits per heavy atom. The van der Waals surface area contributed by atoms with Gasteiger partial charge in [0.15, 0.2) is 0 Å². The number of aliphatic hydroxyl groups is 1. The van der Waals surface area contributed by atoms with Gasteiger partial charge in [-0.15, -0.1) is 0 Å². The number of amides is 1. The van der Waals surface area contributed by atoms with Crippen molar-refractivity contribution in [3.05, 3.63) is 0 Å². The summed E-state index contributed by atoms with van der Waals surface area (Å²) in [4.78, 5) is 16.7. The van der Waals surface area contributed by atoms with E-state index in [9.17, 15) is 9.90 Å². The van der Waals surface area contributed by atoms with E-state index >= 15 is 0 Å². The second kappa shape index (κ2) is 6.66. The maximum Gasteiger partial charge on any atom is 0.227 e. The molecule has 0 radical (unpaired) electrons. The summed E-state index contributed by atoms with van der Waals surface area (Å²) in [5, 5.41) is 9.99. The molecule has 122 valence electrons. The second-order valence-electron chi connectivity index (χ2n) is 8.08. The standard InChI is InChI=1S/C17H32N2O2/c1-13-5-8-18(12-15(13)20)11-14-6-9-19(10-7-14)16(21)17(2,3)4/h13-15,20H,5-12H2,1-4H3/t13-,15-/m1/s1. The zero-order valence-electron chi connectivity index (χ0n) is 14.1. The Labute approximate surface area is 129 Å². The van der Waals surface area contributed by atoms with Crippen LogP contribution in [0, 0.1) is 17.3 Å². The Balaban J connectivity index is 1.76. The maximum atomic E-state index is 12.3. The average Bonchev–Trinajstić information content (AvgIpc) is 2.42. The number of piperidine rings is 2. The molecule has 0 bridgehead atoms. The molecule has 0 unspecified atom stereocenters. The first-order chi connectivity index (χ1) is 9.77. The summed E-state index contributed by atoms with van der Waals surface area (Å²) in [6.07, 6.45) is 3.14. The lowest BCUT2D eigenvalue weighted by Crippen LogP contribution is -2.48. The molecule has 0 spiro atoms. The molecule has 2 heterocycles. The Bertz CT molecular complexity index is 356. The molecule has 1 N–H and O–H groups in total. The summed E-state index contributed by atoms with van der Waals surface area (Å²) in [6, 6.07) is 0. The fourth-order valence-electron chi connectivity index (χ4n) is 3.44. The number of β-amino-alcohol motifs (C(OH)–C–C–N with tert-alkyl or cyclic N) is 1. The highest BCUT2D eigenvalue weighted by Crippen LogP contribution is 2.25. The van der Waals surface area contributed by atoms with E-state index in [1.165, 1.54) is 0 Å². The van der Waals surface area contributed by atoms with E-state index in [2.05, 4.69) is 11.8 Å². The minimum Gasteiger partial charge on any atom is -0.392 e. The van der Waals surface area contributed by atoms with Crippen LogP contribution in [0.2, 0.25) is 0 Å². The lowest BCUT2D eigenvalue weighted by Gasteiger charge is -2.40. The first kappa shape index (κ1) is 16.8. The molecule has 2 aliphatic rings. The summed E-state index contributed by atoms with van der Waals surface area (Å²) < 4.78 is 0. The van der Waals surface area contributed by atoms with Crippen molar-refractivity contribution in [1.82, 2.24) is 9.80 Å². The van der Waals surface area contributed by atoms with Gasteiger partial charge in [-0.25, -0.2) is 0 Å². The summed E-state index contributed by atoms with van der Waals surface area (Å²) >= 11 is 0. The highest BCUT2D eigenvalue weighted by atomic mass is 16.3. The third kappa shape index (κ3) is 4.43. The molecule has 4 nitrogen and oxygen atoms in total. The van der Waals surface area contributed by atoms with E-state index < -0.39 is 0 Å². The predicted molar refractivity (Wildman–Crippen MR) is 85.0 cm³/mol. The predicted octanol–water partition coefficient (Wildman–Crippen LogP) is 1.97. The van der Waals surface area contributed by atoms with Crippen molar-refractivity contribution < 1.29 is 9.90 Å². The highest BCUT2D eigenvalue weighted by molar-refractivity contribution is 5.81. The zero-order valence-corrected chi connectivity index (χ0v) is 14.1. The molecular weight excluding hydrogens is 264 g/mol. The summed E-state index contributed by atoms with van der Waals surface area (Å²) in [5.74, 6) is 1.39. The van der Waals surface area contributed by atoms with Crippen molar-refractivity contribution in [1.29, 1.82) is 0 Å². The van der Waals surface area contributed by atoms with Gasteiger partial charge in [0.1, 0.15) is 0 Å². The van der Waals surface area contributed by atoms with Crippen molar-refractivity contribution in [2.75, 3.05) is 32.7 Å². The monoisotopic (exact) mass is 296 g/mol. The second-order valence-corrected chi connectivity index (χ2v) is 8.08. The molecule has 0 aromatic heterocycles. The first-order valence-electron chi connectivity index (χ1n) is 8.47. The Morgan fingerprint density at radius 3 is 2.29 bits per heavy atom. The van der Waals surface area contributed by atoms with Gasteiger partial charge in [0.05, 0.1) is 6.10 Å². The molecule has 4 heteroatoms.